The molecule has 2 aromatic heterocycles. The number of nitrogens with zero attached hydrogens (tertiary/aromatic N) is 6. The van der Waals surface area contributed by atoms with Gasteiger partial charge in [0.05, 0.1) is 11.2 Å². The van der Waals surface area contributed by atoms with Crippen LogP contribution in [0.1, 0.15) is 27.7 Å². The maximum atomic E-state index is 6.39. The van der Waals surface area contributed by atoms with Gasteiger partial charge in [0.15, 0.2) is 29.1 Å². The van der Waals surface area contributed by atoms with Gasteiger partial charge in [-0.15, -0.1) is 0 Å². The number of hydrogen-bond acceptors (Lipinski definition) is 8. The first-order valence-electron chi connectivity index (χ1n) is 43.9. The SMILES string of the molecule is CC1(C)OB(c2ccc(-c3cccc(-c4cccc(-c5ccccc5)c4)c3)cc2)OC1(C)C.Clc1nc(-c2cccc(-c3ccccc3)c2)nc(-c2cccc(-c3cccc(-c4ccccc4)c3)c2)n1.c1ccc(-c2cccc(-c3cccc(-c4ccc(-c5nc(-c6cccc(-c7ccccc7)c6)nc(-c6cccc(-c7cccc(-c8ccccc8)c7)c6)n5)cc4)c3)c2)cc1. The summed E-state index contributed by atoms with van der Waals surface area (Å²) in [5.74, 6) is 2.95. The van der Waals surface area contributed by atoms with E-state index < -0.39 is 0 Å². The molecule has 1 aliphatic heterocycles. The maximum absolute atomic E-state index is 6.39. The van der Waals surface area contributed by atoms with E-state index in [1.807, 2.05) is 60.7 Å². The molecule has 0 radical (unpaired) electrons. The summed E-state index contributed by atoms with van der Waals surface area (Å²) in [4.78, 5) is 29.1. The number of benzene rings is 18. The molecule has 10 heteroatoms. The van der Waals surface area contributed by atoms with Crippen LogP contribution in [0.4, 0.5) is 0 Å². The van der Waals surface area contributed by atoms with Crippen LogP contribution in [0, 0.1) is 0 Å². The third kappa shape index (κ3) is 19.5. The minimum atomic E-state index is -0.337. The summed E-state index contributed by atoms with van der Waals surface area (Å²) >= 11 is 6.39. The Morgan fingerprint density at radius 1 is 0.162 bits per heavy atom. The Labute approximate surface area is 765 Å². The van der Waals surface area contributed by atoms with Crippen LogP contribution in [-0.4, -0.2) is 48.2 Å². The molecule has 0 atom stereocenters. The van der Waals surface area contributed by atoms with Gasteiger partial charge >= 0.3 is 7.12 Å². The van der Waals surface area contributed by atoms with E-state index in [0.29, 0.717) is 29.1 Å². The van der Waals surface area contributed by atoms with Gasteiger partial charge in [-0.2, -0.15) is 9.97 Å². The van der Waals surface area contributed by atoms with E-state index in [4.69, 9.17) is 40.8 Å². The average molecular weight is 1690 g/mol. The lowest BCUT2D eigenvalue weighted by atomic mass is 9.78. The second-order valence-electron chi connectivity index (χ2n) is 33.3. The van der Waals surface area contributed by atoms with Crippen LogP contribution >= 0.6 is 11.6 Å². The largest absolute Gasteiger partial charge is 0.494 e. The molecule has 0 N–H and O–H groups in total. The summed E-state index contributed by atoms with van der Waals surface area (Å²) in [6.45, 7) is 8.33. The Morgan fingerprint density at radius 3 is 0.523 bits per heavy atom. The molecule has 0 spiro atoms. The molecule has 622 valence electrons. The predicted octanol–water partition coefficient (Wildman–Crippen LogP) is 30.7. The zero-order valence-corrected chi connectivity index (χ0v) is 73.2. The van der Waals surface area contributed by atoms with E-state index in [9.17, 15) is 0 Å². The van der Waals surface area contributed by atoms with Gasteiger partial charge in [-0.25, -0.2) is 19.9 Å². The van der Waals surface area contributed by atoms with Crippen molar-refractivity contribution in [1.29, 1.82) is 0 Å². The van der Waals surface area contributed by atoms with Crippen LogP contribution in [0.25, 0.3) is 190 Å². The lowest BCUT2D eigenvalue weighted by Crippen LogP contribution is -2.41. The van der Waals surface area contributed by atoms with Gasteiger partial charge in [0.2, 0.25) is 5.28 Å². The van der Waals surface area contributed by atoms with Crippen molar-refractivity contribution in [3.05, 3.63) is 478 Å². The Balaban J connectivity index is 0.000000135. The molecule has 18 aromatic carbocycles. The van der Waals surface area contributed by atoms with E-state index in [2.05, 4.69) is 450 Å². The fraction of sp³-hybridized carbons (Fsp3) is 0.0500. The second-order valence-corrected chi connectivity index (χ2v) is 33.7. The molecule has 0 saturated carbocycles. The van der Waals surface area contributed by atoms with Crippen LogP contribution in [0.15, 0.2) is 473 Å². The van der Waals surface area contributed by atoms with Gasteiger partial charge in [0.1, 0.15) is 0 Å². The molecule has 0 bridgehead atoms. The third-order valence-corrected chi connectivity index (χ3v) is 24.3. The summed E-state index contributed by atoms with van der Waals surface area (Å²) in [5.41, 5.74) is 32.8. The molecule has 1 saturated heterocycles. The summed E-state index contributed by atoms with van der Waals surface area (Å²) in [5, 5.41) is 0.168. The topological polar surface area (TPSA) is 95.8 Å². The number of aromatic nitrogens is 6. The fourth-order valence-corrected chi connectivity index (χ4v) is 16.6. The summed E-state index contributed by atoms with van der Waals surface area (Å²) in [6, 6.07) is 165. The smallest absolute Gasteiger partial charge is 0.399 e. The maximum Gasteiger partial charge on any atom is 0.494 e. The Hall–Kier alpha value is -15.7. The van der Waals surface area contributed by atoms with Crippen LogP contribution in [0.5, 0.6) is 0 Å². The number of hydrogen-bond donors (Lipinski definition) is 0. The minimum absolute atomic E-state index is 0.168. The van der Waals surface area contributed by atoms with Gasteiger partial charge < -0.3 is 9.31 Å². The molecular formula is C120H90BClN6O2. The van der Waals surface area contributed by atoms with Crippen molar-refractivity contribution in [3.63, 3.8) is 0 Å². The molecule has 8 nitrogen and oxygen atoms in total. The van der Waals surface area contributed by atoms with Crippen molar-refractivity contribution in [2.75, 3.05) is 0 Å². The standard InChI is InChI=1S/C57H39N3.C33H22ClN3.C30H29BO2/c1-4-15-40(16-5-1)45-21-10-25-49(35-45)50-26-12-23-47(37-50)43-31-33-44(34-32-43)55-58-56(53-29-13-24-48(38-53)42-19-8-3-9-20-42)60-57(59-55)54-30-14-28-52(39-54)51-27-11-22-46(36-51)41-17-6-2-7-18-41;34-33-36-31(29-18-8-15-26(21-29)24-12-5-2-6-13-24)35-32(37-33)30-19-9-17-28(22-30)27-16-7-14-25(20-27)23-10-3-1-4-11-23;1-29(2)30(3,4)33-31(32-29)28-18-16-23(17-19-28)25-13-9-15-27(21-25)26-14-8-12-24(20-26)22-10-6-5-7-11-22/h1-39H;1-22H;5-21H,1-4H3. The molecule has 20 aromatic rings. The predicted molar refractivity (Wildman–Crippen MR) is 539 cm³/mol. The molecule has 3 heterocycles. The molecular weight excluding hydrogens is 1600 g/mol. The van der Waals surface area contributed by atoms with Crippen LogP contribution in [0.3, 0.4) is 0 Å². The van der Waals surface area contributed by atoms with Gasteiger partial charge in [-0.3, -0.25) is 0 Å². The summed E-state index contributed by atoms with van der Waals surface area (Å²) in [7, 11) is -0.337. The van der Waals surface area contributed by atoms with Crippen molar-refractivity contribution in [3.8, 4) is 190 Å². The molecule has 1 aliphatic rings. The highest BCUT2D eigenvalue weighted by atomic mass is 35.5. The Kier molecular flexibility index (Phi) is 24.6. The van der Waals surface area contributed by atoms with Gasteiger partial charge in [-0.05, 0) is 239 Å². The highest BCUT2D eigenvalue weighted by Crippen LogP contribution is 2.41. The lowest BCUT2D eigenvalue weighted by molar-refractivity contribution is 0.00578. The first kappa shape index (κ1) is 83.8. The quantitative estimate of drug-likeness (QED) is 0.0784. The first-order valence-corrected chi connectivity index (χ1v) is 44.2. The highest BCUT2D eigenvalue weighted by Gasteiger charge is 2.51. The van der Waals surface area contributed by atoms with Crippen molar-refractivity contribution >= 4 is 24.2 Å². The van der Waals surface area contributed by atoms with E-state index in [1.165, 1.54) is 77.9 Å². The zero-order chi connectivity index (χ0) is 88.2. The molecule has 1 fully saturated rings. The number of rotatable bonds is 18. The van der Waals surface area contributed by atoms with E-state index >= 15 is 0 Å². The molecule has 21 rings (SSSR count). The highest BCUT2D eigenvalue weighted by molar-refractivity contribution is 6.62. The zero-order valence-electron chi connectivity index (χ0n) is 72.5. The first-order chi connectivity index (χ1) is 63.7. The average Bonchev–Trinajstić information content (AvgIpc) is 1.61. The summed E-state index contributed by atoms with van der Waals surface area (Å²) < 4.78 is 12.4. The van der Waals surface area contributed by atoms with Crippen LogP contribution in [-0.2, 0) is 9.31 Å². The molecule has 0 amide bonds. The van der Waals surface area contributed by atoms with Gasteiger partial charge in [0, 0.05) is 27.8 Å². The van der Waals surface area contributed by atoms with Crippen LogP contribution < -0.4 is 5.46 Å². The van der Waals surface area contributed by atoms with Crippen molar-refractivity contribution in [1.82, 2.24) is 29.9 Å². The van der Waals surface area contributed by atoms with E-state index in [1.54, 1.807) is 0 Å². The van der Waals surface area contributed by atoms with Crippen molar-refractivity contribution in [2.24, 2.45) is 0 Å². The van der Waals surface area contributed by atoms with E-state index in [0.717, 1.165) is 88.9 Å². The molecule has 0 unspecified atom stereocenters. The van der Waals surface area contributed by atoms with E-state index in [-0.39, 0.29) is 23.6 Å². The third-order valence-electron chi connectivity index (χ3n) is 24.1. The van der Waals surface area contributed by atoms with Gasteiger partial charge in [-0.1, -0.05) is 413 Å². The van der Waals surface area contributed by atoms with Crippen molar-refractivity contribution in [2.45, 2.75) is 38.9 Å². The second kappa shape index (κ2) is 38.2. The monoisotopic (exact) mass is 1690 g/mol. The van der Waals surface area contributed by atoms with Gasteiger partial charge in [0.25, 0.3) is 0 Å². The van der Waals surface area contributed by atoms with Crippen LogP contribution in [0.2, 0.25) is 5.28 Å². The molecule has 0 aliphatic carbocycles. The Morgan fingerprint density at radius 2 is 0.308 bits per heavy atom. The Bertz CT molecular complexity index is 7330. The number of halogens is 1. The minimum Gasteiger partial charge on any atom is -0.399 e. The fourth-order valence-electron chi connectivity index (χ4n) is 16.4. The normalized spacial score (nSPS) is 12.4. The molecule has 130 heavy (non-hydrogen) atoms. The van der Waals surface area contributed by atoms with Crippen molar-refractivity contribution < 1.29 is 9.31 Å². The summed E-state index contributed by atoms with van der Waals surface area (Å²) in [6.07, 6.45) is 0. The lowest BCUT2D eigenvalue weighted by Gasteiger charge is -2.32.